The number of carbonyl (C=O) groups excluding carboxylic acids is 2. The molecule has 6 heteroatoms. The molecule has 0 bridgehead atoms. The summed E-state index contributed by atoms with van der Waals surface area (Å²) in [5.74, 6) is 0. The molecule has 0 fully saturated rings. The fraction of sp³-hybridized carbons (Fsp3) is 0.286. The average Bonchev–Trinajstić information content (AvgIpc) is 2.87. The standard InChI is InChI=1S/C28H30O6/c1-31-15-23-24(16-32-2)28(22-11-7-20(14-30)8-12-22)26(18-34-4)25(17-33-3)27(23)21-9-5-19(13-29)6-10-21/h5-14H,15-18H2,1-4H3. The molecule has 0 unspecified atom stereocenters. The molecule has 0 saturated heterocycles. The van der Waals surface area contributed by atoms with Gasteiger partial charge in [-0.05, 0) is 44.5 Å². The molecule has 0 amide bonds. The molecule has 3 rings (SSSR count). The van der Waals surface area contributed by atoms with Crippen LogP contribution in [-0.2, 0) is 45.4 Å². The SMILES string of the molecule is COCc1c(COC)c(-c2ccc(C=O)cc2)c(COC)c(COC)c1-c1ccc(C=O)cc1. The van der Waals surface area contributed by atoms with Crippen LogP contribution in [0.25, 0.3) is 22.3 Å². The molecule has 3 aromatic rings. The van der Waals surface area contributed by atoms with E-state index in [1.165, 1.54) is 0 Å². The van der Waals surface area contributed by atoms with Gasteiger partial charge in [-0.15, -0.1) is 0 Å². The zero-order valence-electron chi connectivity index (χ0n) is 20.1. The van der Waals surface area contributed by atoms with Crippen molar-refractivity contribution in [1.29, 1.82) is 0 Å². The van der Waals surface area contributed by atoms with Gasteiger partial charge in [0.1, 0.15) is 12.6 Å². The van der Waals surface area contributed by atoms with Gasteiger partial charge in [-0.3, -0.25) is 9.59 Å². The van der Waals surface area contributed by atoms with Gasteiger partial charge in [0.05, 0.1) is 26.4 Å². The summed E-state index contributed by atoms with van der Waals surface area (Å²) in [6.45, 7) is 1.42. The van der Waals surface area contributed by atoms with E-state index in [-0.39, 0.29) is 0 Å². The summed E-state index contributed by atoms with van der Waals surface area (Å²) < 4.78 is 22.6. The topological polar surface area (TPSA) is 71.1 Å². The van der Waals surface area contributed by atoms with E-state index in [9.17, 15) is 9.59 Å². The Hall–Kier alpha value is -3.16. The summed E-state index contributed by atoms with van der Waals surface area (Å²) in [6, 6.07) is 14.9. The maximum atomic E-state index is 11.2. The molecule has 0 saturated carbocycles. The van der Waals surface area contributed by atoms with Crippen LogP contribution in [-0.4, -0.2) is 41.0 Å². The highest BCUT2D eigenvalue weighted by atomic mass is 16.5. The Morgan fingerprint density at radius 3 is 0.971 bits per heavy atom. The van der Waals surface area contributed by atoms with E-state index in [0.29, 0.717) is 37.6 Å². The summed E-state index contributed by atoms with van der Waals surface area (Å²) in [7, 11) is 6.64. The van der Waals surface area contributed by atoms with Gasteiger partial charge < -0.3 is 18.9 Å². The number of methoxy groups -OCH3 is 4. The summed E-state index contributed by atoms with van der Waals surface area (Å²) in [4.78, 5) is 22.4. The molecule has 3 aromatic carbocycles. The molecular weight excluding hydrogens is 432 g/mol. The van der Waals surface area contributed by atoms with Gasteiger partial charge >= 0.3 is 0 Å². The van der Waals surface area contributed by atoms with Gasteiger partial charge in [-0.2, -0.15) is 0 Å². The van der Waals surface area contributed by atoms with Crippen LogP contribution < -0.4 is 0 Å². The fourth-order valence-corrected chi connectivity index (χ4v) is 4.34. The Labute approximate surface area is 200 Å². The third-order valence-electron chi connectivity index (χ3n) is 5.76. The van der Waals surface area contributed by atoms with E-state index in [1.54, 1.807) is 52.7 Å². The molecule has 0 aliphatic heterocycles. The van der Waals surface area contributed by atoms with Crippen molar-refractivity contribution < 1.29 is 28.5 Å². The van der Waals surface area contributed by atoms with E-state index < -0.39 is 0 Å². The van der Waals surface area contributed by atoms with E-state index >= 15 is 0 Å². The largest absolute Gasteiger partial charge is 0.380 e. The lowest BCUT2D eigenvalue weighted by molar-refractivity contribution is 0.111. The second-order valence-corrected chi connectivity index (χ2v) is 7.88. The minimum Gasteiger partial charge on any atom is -0.380 e. The second kappa shape index (κ2) is 12.3. The van der Waals surface area contributed by atoms with E-state index in [4.69, 9.17) is 18.9 Å². The van der Waals surface area contributed by atoms with Gasteiger partial charge in [0.15, 0.2) is 0 Å². The number of ether oxygens (including phenoxy) is 4. The van der Waals surface area contributed by atoms with Crippen molar-refractivity contribution in [2.45, 2.75) is 26.4 Å². The van der Waals surface area contributed by atoms with Gasteiger partial charge in [0, 0.05) is 39.6 Å². The minimum absolute atomic E-state index is 0.354. The summed E-state index contributed by atoms with van der Waals surface area (Å²) >= 11 is 0. The minimum atomic E-state index is 0.354. The van der Waals surface area contributed by atoms with Gasteiger partial charge in [0.2, 0.25) is 0 Å². The number of hydrogen-bond acceptors (Lipinski definition) is 6. The number of aldehydes is 2. The third kappa shape index (κ3) is 5.32. The predicted molar refractivity (Wildman–Crippen MR) is 131 cm³/mol. The quantitative estimate of drug-likeness (QED) is 0.343. The molecule has 0 radical (unpaired) electrons. The third-order valence-corrected chi connectivity index (χ3v) is 5.76. The van der Waals surface area contributed by atoms with Crippen LogP contribution in [0.3, 0.4) is 0 Å². The molecule has 34 heavy (non-hydrogen) atoms. The van der Waals surface area contributed by atoms with E-state index in [2.05, 4.69) is 0 Å². The highest BCUT2D eigenvalue weighted by Gasteiger charge is 2.25. The van der Waals surface area contributed by atoms with Crippen molar-refractivity contribution in [2.24, 2.45) is 0 Å². The monoisotopic (exact) mass is 462 g/mol. The molecule has 6 nitrogen and oxygen atoms in total. The van der Waals surface area contributed by atoms with E-state index in [0.717, 1.165) is 57.1 Å². The highest BCUT2D eigenvalue weighted by molar-refractivity contribution is 5.85. The normalized spacial score (nSPS) is 10.9. The highest BCUT2D eigenvalue weighted by Crippen LogP contribution is 2.42. The lowest BCUT2D eigenvalue weighted by Gasteiger charge is -2.27. The maximum absolute atomic E-state index is 11.2. The Bertz CT molecular complexity index is 990. The first kappa shape index (κ1) is 25.5. The fourth-order valence-electron chi connectivity index (χ4n) is 4.34. The van der Waals surface area contributed by atoms with Crippen molar-refractivity contribution in [3.05, 3.63) is 81.9 Å². The van der Waals surface area contributed by atoms with Crippen LogP contribution >= 0.6 is 0 Å². The summed E-state index contributed by atoms with van der Waals surface area (Å²) in [5.41, 5.74) is 8.97. The Morgan fingerprint density at radius 1 is 0.500 bits per heavy atom. The van der Waals surface area contributed by atoms with Crippen molar-refractivity contribution in [3.8, 4) is 22.3 Å². The molecule has 0 atom stereocenters. The summed E-state index contributed by atoms with van der Waals surface area (Å²) in [5, 5.41) is 0. The van der Waals surface area contributed by atoms with Gasteiger partial charge in [0.25, 0.3) is 0 Å². The van der Waals surface area contributed by atoms with Crippen molar-refractivity contribution in [1.82, 2.24) is 0 Å². The number of rotatable bonds is 12. The Kier molecular flexibility index (Phi) is 9.24. The van der Waals surface area contributed by atoms with E-state index in [1.807, 2.05) is 24.3 Å². The molecule has 0 N–H and O–H groups in total. The molecule has 0 aliphatic carbocycles. The smallest absolute Gasteiger partial charge is 0.150 e. The van der Waals surface area contributed by atoms with Gasteiger partial charge in [-0.25, -0.2) is 0 Å². The first-order chi connectivity index (χ1) is 16.6. The van der Waals surface area contributed by atoms with Crippen LogP contribution in [0.1, 0.15) is 43.0 Å². The molecule has 0 aromatic heterocycles. The van der Waals surface area contributed by atoms with Gasteiger partial charge in [-0.1, -0.05) is 48.5 Å². The zero-order valence-corrected chi connectivity index (χ0v) is 20.1. The first-order valence-electron chi connectivity index (χ1n) is 10.9. The number of carbonyl (C=O) groups is 2. The average molecular weight is 463 g/mol. The predicted octanol–water partition coefficient (Wildman–Crippen LogP) is 5.23. The number of hydrogen-bond donors (Lipinski definition) is 0. The Morgan fingerprint density at radius 2 is 0.765 bits per heavy atom. The van der Waals surface area contributed by atoms with Crippen LogP contribution in [0.5, 0.6) is 0 Å². The molecule has 0 spiro atoms. The Balaban J connectivity index is 2.46. The van der Waals surface area contributed by atoms with Crippen LogP contribution in [0.4, 0.5) is 0 Å². The summed E-state index contributed by atoms with van der Waals surface area (Å²) in [6.07, 6.45) is 1.66. The second-order valence-electron chi connectivity index (χ2n) is 7.88. The van der Waals surface area contributed by atoms with Crippen molar-refractivity contribution in [2.75, 3.05) is 28.4 Å². The van der Waals surface area contributed by atoms with Crippen molar-refractivity contribution >= 4 is 12.6 Å². The zero-order chi connectivity index (χ0) is 24.5. The maximum Gasteiger partial charge on any atom is 0.150 e. The van der Waals surface area contributed by atoms with Crippen LogP contribution in [0.15, 0.2) is 48.5 Å². The first-order valence-corrected chi connectivity index (χ1v) is 10.9. The number of benzene rings is 3. The lowest BCUT2D eigenvalue weighted by atomic mass is 9.81. The molecule has 0 aliphatic rings. The van der Waals surface area contributed by atoms with Crippen LogP contribution in [0.2, 0.25) is 0 Å². The molecular formula is C28H30O6. The molecule has 178 valence electrons. The van der Waals surface area contributed by atoms with Crippen LogP contribution in [0, 0.1) is 0 Å². The molecule has 0 heterocycles. The lowest BCUT2D eigenvalue weighted by Crippen LogP contribution is -2.12. The van der Waals surface area contributed by atoms with Crippen molar-refractivity contribution in [3.63, 3.8) is 0 Å².